The lowest BCUT2D eigenvalue weighted by atomic mass is 9.99. The van der Waals surface area contributed by atoms with Crippen LogP contribution in [0.4, 0.5) is 0 Å². The minimum atomic E-state index is -5.09. The van der Waals surface area contributed by atoms with Gasteiger partial charge in [-0.1, -0.05) is 341 Å². The van der Waals surface area contributed by atoms with E-state index in [1.807, 2.05) is 6.08 Å². The topological polar surface area (TPSA) is 192 Å². The summed E-state index contributed by atoms with van der Waals surface area (Å²) in [7, 11) is -5.09. The molecule has 0 spiro atoms. The molecule has 80 heavy (non-hydrogen) atoms. The molecule has 7 atom stereocenters. The lowest BCUT2D eigenvalue weighted by Gasteiger charge is -2.41. The van der Waals surface area contributed by atoms with Gasteiger partial charge >= 0.3 is 10.4 Å². The van der Waals surface area contributed by atoms with E-state index in [4.69, 9.17) is 9.47 Å². The van der Waals surface area contributed by atoms with Gasteiger partial charge in [0.25, 0.3) is 0 Å². The van der Waals surface area contributed by atoms with Crippen molar-refractivity contribution < 1.29 is 51.8 Å². The standard InChI is InChI=1S/C67H131NO11S/c1-3-5-7-9-11-13-15-17-19-21-23-25-26-27-28-29-30-31-32-33-34-35-36-37-39-41-43-45-47-49-51-53-55-57-63(71)68-60(59-77-67-65(73)66(79-80(74,75)76)64(72)62(58-69)78-67)61(70)56-54-52-50-48-46-44-42-40-38-24-22-20-18-16-14-12-10-8-6-4-2/h54,56,60-62,64-67,69-70,72-73H,3-53,55,57-59H2,1-2H3,(H,68,71)(H,74,75,76)/b56-54+. The molecule has 0 aromatic heterocycles. The second-order valence-corrected chi connectivity index (χ2v) is 25.5. The molecule has 7 unspecified atom stereocenters. The monoisotopic (exact) mass is 1160 g/mol. The molecule has 1 heterocycles. The number of ether oxygens (including phenoxy) is 2. The predicted octanol–water partition coefficient (Wildman–Crippen LogP) is 17.7. The van der Waals surface area contributed by atoms with Gasteiger partial charge in [-0.05, 0) is 19.3 Å². The number of carbonyl (C=O) groups excluding carboxylic acids is 1. The van der Waals surface area contributed by atoms with E-state index in [9.17, 15) is 38.2 Å². The van der Waals surface area contributed by atoms with Crippen molar-refractivity contribution in [2.24, 2.45) is 0 Å². The molecule has 0 aromatic rings. The Bertz CT molecular complexity index is 1450. The smallest absolute Gasteiger partial charge is 0.394 e. The predicted molar refractivity (Wildman–Crippen MR) is 333 cm³/mol. The lowest BCUT2D eigenvalue weighted by molar-refractivity contribution is -0.298. The molecular formula is C67H131NO11S. The number of nitrogens with one attached hydrogen (secondary N) is 1. The van der Waals surface area contributed by atoms with Gasteiger partial charge in [0.05, 0.1) is 25.4 Å². The fourth-order valence-corrected chi connectivity index (χ4v) is 12.0. The molecule has 1 aliphatic heterocycles. The summed E-state index contributed by atoms with van der Waals surface area (Å²) in [6.07, 6.45) is 62.9. The van der Waals surface area contributed by atoms with Crippen LogP contribution in [0.15, 0.2) is 12.2 Å². The van der Waals surface area contributed by atoms with Gasteiger partial charge in [0, 0.05) is 6.42 Å². The Kier molecular flexibility index (Phi) is 54.7. The number of allylic oxidation sites excluding steroid dienone is 1. The van der Waals surface area contributed by atoms with Gasteiger partial charge < -0.3 is 35.2 Å². The number of aliphatic hydroxyl groups is 4. The van der Waals surface area contributed by atoms with Crippen molar-refractivity contribution in [3.63, 3.8) is 0 Å². The number of amides is 1. The van der Waals surface area contributed by atoms with Crippen LogP contribution in [-0.2, 0) is 28.9 Å². The minimum absolute atomic E-state index is 0.253. The van der Waals surface area contributed by atoms with E-state index < -0.39 is 59.9 Å². The molecule has 0 aromatic carbocycles. The van der Waals surface area contributed by atoms with Crippen molar-refractivity contribution in [2.75, 3.05) is 13.2 Å². The molecule has 1 fully saturated rings. The van der Waals surface area contributed by atoms with Gasteiger partial charge in [-0.3, -0.25) is 9.35 Å². The Morgan fingerprint density at radius 1 is 0.487 bits per heavy atom. The van der Waals surface area contributed by atoms with E-state index in [1.54, 1.807) is 6.08 Å². The molecule has 6 N–H and O–H groups in total. The Morgan fingerprint density at radius 2 is 0.787 bits per heavy atom. The van der Waals surface area contributed by atoms with Crippen LogP contribution in [0.5, 0.6) is 0 Å². The number of unbranched alkanes of at least 4 members (excludes halogenated alkanes) is 50. The van der Waals surface area contributed by atoms with Crippen LogP contribution in [0.2, 0.25) is 0 Å². The third kappa shape index (κ3) is 48.1. The number of carbonyl (C=O) groups is 1. The van der Waals surface area contributed by atoms with Crippen molar-refractivity contribution in [1.82, 2.24) is 5.32 Å². The van der Waals surface area contributed by atoms with Crippen LogP contribution in [0, 0.1) is 0 Å². The maximum absolute atomic E-state index is 13.2. The van der Waals surface area contributed by atoms with Crippen LogP contribution in [0.3, 0.4) is 0 Å². The summed E-state index contributed by atoms with van der Waals surface area (Å²) in [5.41, 5.74) is 0. The summed E-state index contributed by atoms with van der Waals surface area (Å²) < 4.78 is 48.0. The average molecular weight is 1160 g/mol. The van der Waals surface area contributed by atoms with Gasteiger partial charge in [-0.25, -0.2) is 4.18 Å². The van der Waals surface area contributed by atoms with Crippen LogP contribution >= 0.6 is 0 Å². The zero-order chi connectivity index (χ0) is 58.3. The van der Waals surface area contributed by atoms with Crippen molar-refractivity contribution in [3.05, 3.63) is 12.2 Å². The molecule has 0 bridgehead atoms. The molecule has 0 aliphatic carbocycles. The number of aliphatic hydroxyl groups excluding tert-OH is 4. The molecule has 0 radical (unpaired) electrons. The van der Waals surface area contributed by atoms with E-state index in [0.29, 0.717) is 6.42 Å². The first kappa shape index (κ1) is 76.9. The second kappa shape index (κ2) is 56.9. The molecule has 1 amide bonds. The zero-order valence-electron chi connectivity index (χ0n) is 52.2. The number of rotatable bonds is 62. The van der Waals surface area contributed by atoms with Crippen molar-refractivity contribution in [3.8, 4) is 0 Å². The first-order chi connectivity index (χ1) is 39.0. The van der Waals surface area contributed by atoms with Gasteiger partial charge in [-0.15, -0.1) is 0 Å². The van der Waals surface area contributed by atoms with Gasteiger partial charge in [0.2, 0.25) is 5.91 Å². The third-order valence-corrected chi connectivity index (χ3v) is 17.3. The first-order valence-corrected chi connectivity index (χ1v) is 35.9. The molecule has 12 nitrogen and oxygen atoms in total. The molecule has 0 saturated carbocycles. The Labute approximate surface area is 493 Å². The minimum Gasteiger partial charge on any atom is -0.394 e. The number of hydrogen-bond acceptors (Lipinski definition) is 10. The van der Waals surface area contributed by atoms with Crippen LogP contribution in [0.25, 0.3) is 0 Å². The molecule has 13 heteroatoms. The number of hydrogen-bond donors (Lipinski definition) is 6. The van der Waals surface area contributed by atoms with Crippen molar-refractivity contribution in [1.29, 1.82) is 0 Å². The highest BCUT2D eigenvalue weighted by atomic mass is 32.3. The van der Waals surface area contributed by atoms with Crippen molar-refractivity contribution in [2.45, 2.75) is 397 Å². The van der Waals surface area contributed by atoms with E-state index >= 15 is 0 Å². The Morgan fingerprint density at radius 3 is 1.09 bits per heavy atom. The van der Waals surface area contributed by atoms with E-state index in [-0.39, 0.29) is 18.9 Å². The zero-order valence-corrected chi connectivity index (χ0v) is 53.0. The van der Waals surface area contributed by atoms with E-state index in [0.717, 1.165) is 38.5 Å². The SMILES string of the molecule is CCCCCCCCCCCCCCCCCCCC/C=C/C(O)C(COC1OC(CO)C(O)C(OS(=O)(=O)O)C1O)NC(=O)CCCCCCCCCCCCCCCCCCCCCCCCCCCCCCCCCCC. The summed E-state index contributed by atoms with van der Waals surface area (Å²) in [6, 6.07) is -0.941. The Hall–Kier alpha value is -1.16. The Balaban J connectivity index is 2.21. The fraction of sp³-hybridized carbons (Fsp3) is 0.955. The first-order valence-electron chi connectivity index (χ1n) is 34.6. The van der Waals surface area contributed by atoms with Gasteiger partial charge in [-0.2, -0.15) is 8.42 Å². The lowest BCUT2D eigenvalue weighted by Crippen LogP contribution is -2.61. The fourth-order valence-electron chi connectivity index (χ4n) is 11.5. The second-order valence-electron chi connectivity index (χ2n) is 24.5. The maximum Gasteiger partial charge on any atom is 0.397 e. The van der Waals surface area contributed by atoms with Crippen LogP contribution in [-0.4, -0.2) is 95.4 Å². The summed E-state index contributed by atoms with van der Waals surface area (Å²) in [4.78, 5) is 13.2. The normalized spacial score (nSPS) is 18.6. The van der Waals surface area contributed by atoms with Crippen molar-refractivity contribution >= 4 is 16.3 Å². The van der Waals surface area contributed by atoms with Gasteiger partial charge in [0.15, 0.2) is 6.29 Å². The highest BCUT2D eigenvalue weighted by Gasteiger charge is 2.48. The van der Waals surface area contributed by atoms with Crippen LogP contribution in [0.1, 0.15) is 354 Å². The quantitative estimate of drug-likeness (QED) is 0.0193. The van der Waals surface area contributed by atoms with E-state index in [1.165, 1.54) is 289 Å². The molecule has 476 valence electrons. The maximum atomic E-state index is 13.2. The molecular weight excluding hydrogens is 1030 g/mol. The van der Waals surface area contributed by atoms with E-state index in [2.05, 4.69) is 23.3 Å². The molecule has 1 saturated heterocycles. The van der Waals surface area contributed by atoms with Gasteiger partial charge in [0.1, 0.15) is 24.4 Å². The molecule has 1 rings (SSSR count). The highest BCUT2D eigenvalue weighted by molar-refractivity contribution is 7.80. The largest absolute Gasteiger partial charge is 0.397 e. The highest BCUT2D eigenvalue weighted by Crippen LogP contribution is 2.26. The average Bonchev–Trinajstić information content (AvgIpc) is 3.44. The summed E-state index contributed by atoms with van der Waals surface area (Å²) in [5, 5.41) is 45.1. The molecule has 1 aliphatic rings. The summed E-state index contributed by atoms with van der Waals surface area (Å²) in [6.45, 7) is 3.46. The van der Waals surface area contributed by atoms with Crippen LogP contribution < -0.4 is 5.32 Å². The summed E-state index contributed by atoms with van der Waals surface area (Å²) >= 11 is 0. The third-order valence-electron chi connectivity index (χ3n) is 16.8. The summed E-state index contributed by atoms with van der Waals surface area (Å²) in [5.74, 6) is -0.253.